The van der Waals surface area contributed by atoms with Gasteiger partial charge in [-0.25, -0.2) is 21.6 Å². The molecule has 3 saturated heterocycles. The molecule has 5 rings (SSSR count). The lowest BCUT2D eigenvalue weighted by Gasteiger charge is -2.48. The van der Waals surface area contributed by atoms with Gasteiger partial charge in [0.1, 0.15) is 23.9 Å². The smallest absolute Gasteiger partial charge is 0.311 e. The molecule has 3 aliphatic rings. The molecule has 21 nitrogen and oxygen atoms in total. The van der Waals surface area contributed by atoms with Crippen molar-refractivity contribution in [2.45, 2.75) is 208 Å². The van der Waals surface area contributed by atoms with Gasteiger partial charge < -0.3 is 58.6 Å². The minimum absolute atomic E-state index is 0.0218. The second-order valence-corrected chi connectivity index (χ2v) is 25.7. The van der Waals surface area contributed by atoms with Crippen LogP contribution in [0.1, 0.15) is 107 Å². The molecule has 0 aliphatic carbocycles. The number of esters is 1. The summed E-state index contributed by atoms with van der Waals surface area (Å²) in [7, 11) is -2.02. The van der Waals surface area contributed by atoms with Crippen molar-refractivity contribution in [1.29, 1.82) is 0 Å². The number of aliphatic hydroxyl groups excluding tert-OH is 2. The highest BCUT2D eigenvalue weighted by Gasteiger charge is 2.52. The van der Waals surface area contributed by atoms with Gasteiger partial charge in [-0.05, 0) is 112 Å². The Bertz CT molecular complexity index is 2320. The first kappa shape index (κ1) is 61.1. The van der Waals surface area contributed by atoms with E-state index in [2.05, 4.69) is 19.9 Å². The van der Waals surface area contributed by atoms with E-state index in [-0.39, 0.29) is 60.2 Å². The summed E-state index contributed by atoms with van der Waals surface area (Å²) in [5, 5.41) is 55.9. The molecule has 0 unspecified atom stereocenters. The summed E-state index contributed by atoms with van der Waals surface area (Å²) in [4.78, 5) is 18.6. The molecule has 0 saturated carbocycles. The summed E-state index contributed by atoms with van der Waals surface area (Å²) < 4.78 is 92.0. The first-order valence-electron chi connectivity index (χ1n) is 25.6. The number of rotatable bonds is 16. The fourth-order valence-corrected chi connectivity index (χ4v) is 12.6. The molecule has 1 aromatic carbocycles. The quantitative estimate of drug-likeness (QED) is 0.151. The molecule has 4 heterocycles. The highest BCUT2D eigenvalue weighted by Crippen LogP contribution is 2.40. The van der Waals surface area contributed by atoms with E-state index in [1.807, 2.05) is 39.8 Å². The van der Waals surface area contributed by atoms with Gasteiger partial charge in [0.15, 0.2) is 22.4 Å². The number of likely N-dealkylation sites (N-methyl/N-ethyl adjacent to an activating group) is 2. The van der Waals surface area contributed by atoms with Crippen LogP contribution in [0, 0.1) is 17.8 Å². The monoisotopic (exact) mass is 1070 g/mol. The molecule has 418 valence electrons. The van der Waals surface area contributed by atoms with E-state index in [0.717, 1.165) is 6.26 Å². The Morgan fingerprint density at radius 3 is 2.18 bits per heavy atom. The number of methoxy groups -OCH3 is 1. The number of nitrogens with zero attached hydrogens (tertiary/aromatic N) is 5. The third-order valence-electron chi connectivity index (χ3n) is 15.5. The second kappa shape index (κ2) is 24.7. The van der Waals surface area contributed by atoms with Gasteiger partial charge in [0.2, 0.25) is 10.0 Å². The van der Waals surface area contributed by atoms with Crippen LogP contribution in [0.4, 0.5) is 0 Å². The number of carbonyl (C=O) groups is 1. The van der Waals surface area contributed by atoms with Gasteiger partial charge in [0.25, 0.3) is 0 Å². The Kier molecular flexibility index (Phi) is 20.7. The number of nitrogens with one attached hydrogen (secondary N) is 1. The lowest BCUT2D eigenvalue weighted by molar-refractivity contribution is -0.308. The van der Waals surface area contributed by atoms with Crippen LogP contribution in [-0.2, 0) is 66.0 Å². The van der Waals surface area contributed by atoms with Crippen molar-refractivity contribution in [1.82, 2.24) is 29.5 Å². The number of aliphatic hydroxyl groups is 4. The molecule has 0 spiro atoms. The zero-order chi connectivity index (χ0) is 54.6. The van der Waals surface area contributed by atoms with Crippen LogP contribution in [0.5, 0.6) is 0 Å². The van der Waals surface area contributed by atoms with Crippen molar-refractivity contribution in [3.8, 4) is 0 Å². The van der Waals surface area contributed by atoms with Gasteiger partial charge in [0.05, 0.1) is 63.6 Å². The average Bonchev–Trinajstić information content (AvgIpc) is 3.77. The molecule has 3 aliphatic heterocycles. The van der Waals surface area contributed by atoms with E-state index in [1.54, 1.807) is 52.4 Å². The number of cyclic esters (lactones) is 1. The zero-order valence-electron chi connectivity index (χ0n) is 45.4. The van der Waals surface area contributed by atoms with E-state index in [4.69, 9.17) is 28.4 Å². The molecule has 0 radical (unpaired) electrons. The minimum Gasteiger partial charge on any atom is -0.459 e. The van der Waals surface area contributed by atoms with E-state index in [1.165, 1.54) is 38.3 Å². The number of sulfone groups is 1. The molecule has 73 heavy (non-hydrogen) atoms. The molecule has 5 N–H and O–H groups in total. The van der Waals surface area contributed by atoms with Crippen LogP contribution in [0.3, 0.4) is 0 Å². The van der Waals surface area contributed by atoms with Crippen molar-refractivity contribution in [3.05, 3.63) is 36.2 Å². The van der Waals surface area contributed by atoms with E-state index >= 15 is 0 Å². The van der Waals surface area contributed by atoms with Crippen LogP contribution in [0.25, 0.3) is 0 Å². The largest absolute Gasteiger partial charge is 0.459 e. The van der Waals surface area contributed by atoms with Crippen LogP contribution < -0.4 is 4.72 Å². The van der Waals surface area contributed by atoms with Crippen molar-refractivity contribution in [2.75, 3.05) is 47.1 Å². The first-order chi connectivity index (χ1) is 33.8. The first-order valence-corrected chi connectivity index (χ1v) is 29.0. The molecular formula is C50H86N6O15S2. The van der Waals surface area contributed by atoms with E-state index < -0.39 is 110 Å². The Labute approximate surface area is 433 Å². The molecule has 3 fully saturated rings. The van der Waals surface area contributed by atoms with E-state index in [0.29, 0.717) is 38.0 Å². The molecule has 0 amide bonds. The lowest BCUT2D eigenvalue weighted by Crippen LogP contribution is -2.59. The van der Waals surface area contributed by atoms with Gasteiger partial charge in [-0.3, -0.25) is 9.48 Å². The van der Waals surface area contributed by atoms with Crippen molar-refractivity contribution in [3.63, 3.8) is 0 Å². The maximum absolute atomic E-state index is 14.5. The van der Waals surface area contributed by atoms with Crippen LogP contribution in [0.2, 0.25) is 0 Å². The van der Waals surface area contributed by atoms with E-state index in [9.17, 15) is 42.1 Å². The summed E-state index contributed by atoms with van der Waals surface area (Å²) >= 11 is 0. The number of hydrogen-bond donors (Lipinski definition) is 5. The number of ether oxygens (including phenoxy) is 6. The minimum atomic E-state index is -3.90. The summed E-state index contributed by atoms with van der Waals surface area (Å²) in [6.07, 6.45) is -3.08. The highest BCUT2D eigenvalue weighted by molar-refractivity contribution is 7.90. The molecule has 0 bridgehead atoms. The number of benzene rings is 1. The summed E-state index contributed by atoms with van der Waals surface area (Å²) in [6.45, 7) is 19.0. The molecule has 23 heteroatoms. The Morgan fingerprint density at radius 2 is 1.56 bits per heavy atom. The van der Waals surface area contributed by atoms with Gasteiger partial charge in [-0.2, -0.15) is 0 Å². The third-order valence-corrected chi connectivity index (χ3v) is 18.1. The fraction of sp³-hybridized carbons (Fsp3) is 0.820. The molecular weight excluding hydrogens is 989 g/mol. The standard InChI is InChI=1S/C50H86N6O15S2/c1-15-40-50(10,61)44(57)34(6)55(12)28-30(2)26-48(8,60)46(32(4)43(33(5)47(59)69-40)70-42-27-49(9,66-13)45(58)35(7)68-42)71-41-25-37(24-31(3)67-41)54(11)22-20-36-29-56(53-52-36)23-21-51-73(64,65)39-18-16-38(17-19-39)72(14,62)63/h16-19,29-35,37,40-46,51,57-58,60-61H,15,20-28H2,1-14H3/t30-,31-,32+,33-,34-,35+,37+,40-,41+,42+,43+,44-,45+,46-,48-,49-,50-/m1/s1. The van der Waals surface area contributed by atoms with Gasteiger partial charge in [-0.1, -0.05) is 26.0 Å². The SMILES string of the molecule is CC[C@H]1OC(=O)[C@H](C)[C@@H](O[C@H]2C[C@@](C)(OC)[C@@H](O)[C@H](C)O2)[C@H](C)[C@@H](O[C@H]2C[C@@H](N(C)CCc3cn(CCNS(=O)(=O)c4ccc(S(C)(=O)=O)cc4)nn3)C[C@@H](C)O2)[C@](C)(O)C[C@@H](C)CN(C)[C@H](C)[C@@H](O)[C@]1(C)O. The molecule has 2 aromatic rings. The normalized spacial score (nSPS) is 38.2. The Balaban J connectivity index is 1.35. The van der Waals surface area contributed by atoms with Gasteiger partial charge in [0, 0.05) is 76.5 Å². The topological polar surface area (TPSA) is 271 Å². The lowest BCUT2D eigenvalue weighted by atomic mass is 9.77. The number of hydrogen-bond acceptors (Lipinski definition) is 19. The number of sulfonamides is 1. The van der Waals surface area contributed by atoms with Crippen molar-refractivity contribution in [2.24, 2.45) is 17.8 Å². The van der Waals surface area contributed by atoms with Crippen molar-refractivity contribution >= 4 is 25.8 Å². The maximum atomic E-state index is 14.5. The Hall–Kier alpha value is -2.75. The van der Waals surface area contributed by atoms with Crippen LogP contribution >= 0.6 is 0 Å². The average molecular weight is 1080 g/mol. The Morgan fingerprint density at radius 1 is 0.918 bits per heavy atom. The predicted octanol–water partition coefficient (Wildman–Crippen LogP) is 2.52. The van der Waals surface area contributed by atoms with Gasteiger partial charge >= 0.3 is 5.97 Å². The fourth-order valence-electron chi connectivity index (χ4n) is 10.9. The highest BCUT2D eigenvalue weighted by atomic mass is 32.2. The zero-order valence-corrected chi connectivity index (χ0v) is 47.0. The maximum Gasteiger partial charge on any atom is 0.311 e. The van der Waals surface area contributed by atoms with Gasteiger partial charge in [-0.15, -0.1) is 5.10 Å². The third kappa shape index (κ3) is 15.3. The molecule has 1 aromatic heterocycles. The predicted molar refractivity (Wildman–Crippen MR) is 270 cm³/mol. The van der Waals surface area contributed by atoms with Crippen LogP contribution in [0.15, 0.2) is 40.3 Å². The second-order valence-electron chi connectivity index (χ2n) is 21.9. The summed E-state index contributed by atoms with van der Waals surface area (Å²) in [5.41, 5.74) is -3.73. The summed E-state index contributed by atoms with van der Waals surface area (Å²) in [6, 6.07) is 4.42. The number of carbonyl (C=O) groups excluding carboxylic acids is 1. The number of aromatic nitrogens is 3. The molecule has 17 atom stereocenters. The van der Waals surface area contributed by atoms with Crippen LogP contribution in [-0.4, -0.2) is 199 Å². The van der Waals surface area contributed by atoms with Crippen molar-refractivity contribution < 1.29 is 70.5 Å². The summed E-state index contributed by atoms with van der Waals surface area (Å²) in [5.74, 6) is -2.61.